The molecule has 0 amide bonds. The van der Waals surface area contributed by atoms with Gasteiger partial charge in [-0.25, -0.2) is 13.4 Å². The zero-order valence-corrected chi connectivity index (χ0v) is 13.3. The lowest BCUT2D eigenvalue weighted by molar-refractivity contribution is 0.601. The second-order valence-corrected chi connectivity index (χ2v) is 6.80. The summed E-state index contributed by atoms with van der Waals surface area (Å²) >= 11 is 17.6. The number of nitrogens with zero attached hydrogens (tertiary/aromatic N) is 1. The molecule has 4 nitrogen and oxygen atoms in total. The van der Waals surface area contributed by atoms with E-state index >= 15 is 0 Å². The molecular weight excluding hydrogens is 343 g/mol. The lowest BCUT2D eigenvalue weighted by Crippen LogP contribution is -2.14. The Balaban J connectivity index is 2.46. The van der Waals surface area contributed by atoms with Crippen LogP contribution in [0.5, 0.6) is 0 Å². The minimum absolute atomic E-state index is 0.0431. The number of rotatable bonds is 3. The Morgan fingerprint density at radius 2 is 1.90 bits per heavy atom. The summed E-state index contributed by atoms with van der Waals surface area (Å²) in [5.74, 6) is 0. The zero-order chi connectivity index (χ0) is 14.9. The highest BCUT2D eigenvalue weighted by Crippen LogP contribution is 2.31. The van der Waals surface area contributed by atoms with E-state index in [0.717, 1.165) is 5.56 Å². The molecule has 1 aromatic carbocycles. The topological polar surface area (TPSA) is 59.1 Å². The number of aryl methyl sites for hydroxylation is 1. The summed E-state index contributed by atoms with van der Waals surface area (Å²) in [6.07, 6.45) is 1.53. The second-order valence-electron chi connectivity index (χ2n) is 4.01. The van der Waals surface area contributed by atoms with E-state index in [9.17, 15) is 8.42 Å². The summed E-state index contributed by atoms with van der Waals surface area (Å²) < 4.78 is 26.9. The van der Waals surface area contributed by atoms with Crippen LogP contribution in [0.1, 0.15) is 5.56 Å². The Hall–Kier alpha value is -1.01. The molecule has 0 aliphatic carbocycles. The molecule has 0 fully saturated rings. The molecule has 1 N–H and O–H groups in total. The van der Waals surface area contributed by atoms with Crippen LogP contribution < -0.4 is 4.72 Å². The molecule has 0 bridgehead atoms. The van der Waals surface area contributed by atoms with Crippen LogP contribution in [0.15, 0.2) is 35.4 Å². The Labute approximate surface area is 131 Å². The third-order valence-electron chi connectivity index (χ3n) is 2.43. The van der Waals surface area contributed by atoms with Crippen LogP contribution in [0.4, 0.5) is 5.69 Å². The van der Waals surface area contributed by atoms with E-state index in [0.29, 0.717) is 0 Å². The Kier molecular flexibility index (Phi) is 4.44. The highest BCUT2D eigenvalue weighted by Gasteiger charge is 2.20. The number of aromatic nitrogens is 1. The van der Waals surface area contributed by atoms with E-state index in [4.69, 9.17) is 34.8 Å². The molecule has 0 saturated heterocycles. The first kappa shape index (κ1) is 15.4. The maximum Gasteiger partial charge on any atom is 0.263 e. The van der Waals surface area contributed by atoms with Crippen molar-refractivity contribution < 1.29 is 8.42 Å². The van der Waals surface area contributed by atoms with Crippen molar-refractivity contribution in [2.75, 3.05) is 4.72 Å². The van der Waals surface area contributed by atoms with E-state index < -0.39 is 10.0 Å². The monoisotopic (exact) mass is 350 g/mol. The highest BCUT2D eigenvalue weighted by molar-refractivity contribution is 7.92. The molecule has 0 atom stereocenters. The molecule has 0 saturated carbocycles. The average molecular weight is 352 g/mol. The smallest absolute Gasteiger partial charge is 0.263 e. The Bertz CT molecular complexity index is 763. The third kappa shape index (κ3) is 3.17. The van der Waals surface area contributed by atoms with Crippen LogP contribution >= 0.6 is 34.8 Å². The molecule has 1 heterocycles. The molecule has 0 radical (unpaired) electrons. The molecule has 106 valence electrons. The highest BCUT2D eigenvalue weighted by atomic mass is 35.5. The van der Waals surface area contributed by atoms with Gasteiger partial charge in [-0.15, -0.1) is 0 Å². The van der Waals surface area contributed by atoms with Gasteiger partial charge in [0, 0.05) is 6.20 Å². The first-order chi connectivity index (χ1) is 9.31. The minimum Gasteiger partial charge on any atom is -0.276 e. The van der Waals surface area contributed by atoms with E-state index in [1.54, 1.807) is 13.0 Å². The second kappa shape index (κ2) is 5.77. The molecule has 0 aliphatic heterocycles. The average Bonchev–Trinajstić information content (AvgIpc) is 2.36. The van der Waals surface area contributed by atoms with E-state index in [1.165, 1.54) is 24.4 Å². The van der Waals surface area contributed by atoms with Gasteiger partial charge in [-0.1, -0.05) is 40.9 Å². The van der Waals surface area contributed by atoms with Crippen LogP contribution in [0.2, 0.25) is 15.2 Å². The van der Waals surface area contributed by atoms with Crippen molar-refractivity contribution in [3.63, 3.8) is 0 Å². The van der Waals surface area contributed by atoms with Crippen molar-refractivity contribution in [1.29, 1.82) is 0 Å². The van der Waals surface area contributed by atoms with Gasteiger partial charge < -0.3 is 0 Å². The first-order valence-corrected chi connectivity index (χ1v) is 8.02. The van der Waals surface area contributed by atoms with Crippen LogP contribution in [0, 0.1) is 6.92 Å². The number of nitrogens with one attached hydrogen (secondary N) is 1. The van der Waals surface area contributed by atoms with Crippen molar-refractivity contribution in [2.45, 2.75) is 11.8 Å². The maximum atomic E-state index is 12.3. The fourth-order valence-electron chi connectivity index (χ4n) is 1.52. The van der Waals surface area contributed by atoms with E-state index in [-0.39, 0.29) is 25.8 Å². The number of hydrogen-bond donors (Lipinski definition) is 1. The summed E-state index contributed by atoms with van der Waals surface area (Å²) in [6, 6.07) is 5.93. The molecular formula is C12H9Cl3N2O2S. The molecule has 0 unspecified atom stereocenters. The largest absolute Gasteiger partial charge is 0.276 e. The number of anilines is 1. The Morgan fingerprint density at radius 1 is 1.20 bits per heavy atom. The molecule has 0 aliphatic rings. The van der Waals surface area contributed by atoms with Crippen LogP contribution in [-0.2, 0) is 10.0 Å². The normalized spacial score (nSPS) is 11.4. The lowest BCUT2D eigenvalue weighted by Gasteiger charge is -2.11. The predicted molar refractivity (Wildman–Crippen MR) is 81.3 cm³/mol. The molecule has 2 aromatic rings. The van der Waals surface area contributed by atoms with Gasteiger partial charge in [0.25, 0.3) is 10.0 Å². The van der Waals surface area contributed by atoms with Crippen molar-refractivity contribution in [3.05, 3.63) is 51.2 Å². The summed E-state index contributed by atoms with van der Waals surface area (Å²) in [5.41, 5.74) is 0.951. The minimum atomic E-state index is -3.90. The van der Waals surface area contributed by atoms with Gasteiger partial charge >= 0.3 is 0 Å². The fraction of sp³-hybridized carbons (Fsp3) is 0.0833. The van der Waals surface area contributed by atoms with Gasteiger partial charge in [-0.2, -0.15) is 0 Å². The van der Waals surface area contributed by atoms with Crippen molar-refractivity contribution in [1.82, 2.24) is 4.98 Å². The molecule has 20 heavy (non-hydrogen) atoms. The number of sulfonamides is 1. The standard InChI is InChI=1S/C12H9Cl3N2O2S/c1-7-5-9(12(15)16-6-7)17-20(18,19)10-4-2-3-8(13)11(10)14/h2-6,17H,1H3. The van der Waals surface area contributed by atoms with E-state index in [2.05, 4.69) is 9.71 Å². The Morgan fingerprint density at radius 3 is 2.60 bits per heavy atom. The fourth-order valence-corrected chi connectivity index (χ4v) is 3.54. The van der Waals surface area contributed by atoms with Gasteiger partial charge in [0.1, 0.15) is 4.90 Å². The molecule has 0 spiro atoms. The van der Waals surface area contributed by atoms with Gasteiger partial charge in [-0.05, 0) is 30.7 Å². The van der Waals surface area contributed by atoms with Crippen molar-refractivity contribution >= 4 is 50.5 Å². The molecule has 8 heteroatoms. The van der Waals surface area contributed by atoms with Crippen LogP contribution in [-0.4, -0.2) is 13.4 Å². The summed E-state index contributed by atoms with van der Waals surface area (Å²) in [7, 11) is -3.90. The summed E-state index contributed by atoms with van der Waals surface area (Å²) in [6.45, 7) is 1.77. The number of pyridine rings is 1. The maximum absolute atomic E-state index is 12.3. The number of benzene rings is 1. The zero-order valence-electron chi connectivity index (χ0n) is 10.2. The van der Waals surface area contributed by atoms with Crippen LogP contribution in [0.25, 0.3) is 0 Å². The third-order valence-corrected chi connectivity index (χ3v) is 5.07. The first-order valence-electron chi connectivity index (χ1n) is 5.40. The lowest BCUT2D eigenvalue weighted by atomic mass is 10.3. The van der Waals surface area contributed by atoms with Gasteiger partial charge in [0.2, 0.25) is 0 Å². The quantitative estimate of drug-likeness (QED) is 0.845. The summed E-state index contributed by atoms with van der Waals surface area (Å²) in [4.78, 5) is 3.75. The van der Waals surface area contributed by atoms with Crippen molar-refractivity contribution in [2.24, 2.45) is 0 Å². The number of hydrogen-bond acceptors (Lipinski definition) is 3. The van der Waals surface area contributed by atoms with Gasteiger partial charge in [0.05, 0.1) is 15.7 Å². The molecule has 2 rings (SSSR count). The predicted octanol–water partition coefficient (Wildman–Crippen LogP) is 4.15. The van der Waals surface area contributed by atoms with Crippen LogP contribution in [0.3, 0.4) is 0 Å². The van der Waals surface area contributed by atoms with Gasteiger partial charge in [-0.3, -0.25) is 4.72 Å². The number of halogens is 3. The summed E-state index contributed by atoms with van der Waals surface area (Å²) in [5, 5.41) is 0.165. The van der Waals surface area contributed by atoms with E-state index in [1.807, 2.05) is 0 Å². The molecule has 1 aromatic heterocycles. The van der Waals surface area contributed by atoms with Crippen molar-refractivity contribution in [3.8, 4) is 0 Å². The SMILES string of the molecule is Cc1cnc(Cl)c(NS(=O)(=O)c2cccc(Cl)c2Cl)c1. The van der Waals surface area contributed by atoms with Gasteiger partial charge in [0.15, 0.2) is 5.15 Å².